The predicted octanol–water partition coefficient (Wildman–Crippen LogP) is 3.00. The van der Waals surface area contributed by atoms with Crippen molar-refractivity contribution in [1.29, 1.82) is 0 Å². The maximum Gasteiger partial charge on any atom is 0.220 e. The molecular formula is C17H25NO2. The van der Waals surface area contributed by atoms with Gasteiger partial charge in [-0.05, 0) is 50.7 Å². The van der Waals surface area contributed by atoms with E-state index in [0.29, 0.717) is 12.5 Å². The summed E-state index contributed by atoms with van der Waals surface area (Å²) in [6.45, 7) is 5.04. The van der Waals surface area contributed by atoms with E-state index in [1.54, 1.807) is 0 Å². The second kappa shape index (κ2) is 7.44. The smallest absolute Gasteiger partial charge is 0.220 e. The molecule has 2 rings (SSSR count). The van der Waals surface area contributed by atoms with Crippen molar-refractivity contribution >= 4 is 5.91 Å². The van der Waals surface area contributed by atoms with Gasteiger partial charge in [-0.15, -0.1) is 0 Å². The van der Waals surface area contributed by atoms with Crippen molar-refractivity contribution in [2.24, 2.45) is 0 Å². The van der Waals surface area contributed by atoms with Gasteiger partial charge < -0.3 is 10.1 Å². The molecule has 1 saturated heterocycles. The number of carbonyl (C=O) groups is 1. The van der Waals surface area contributed by atoms with Gasteiger partial charge in [0.15, 0.2) is 0 Å². The molecule has 2 atom stereocenters. The molecule has 1 aliphatic rings. The fraction of sp³-hybridized carbons (Fsp3) is 0.588. The molecule has 1 fully saturated rings. The van der Waals surface area contributed by atoms with E-state index in [0.717, 1.165) is 32.3 Å². The highest BCUT2D eigenvalue weighted by atomic mass is 16.5. The van der Waals surface area contributed by atoms with Crippen LogP contribution in [0.5, 0.6) is 0 Å². The molecule has 0 aromatic heterocycles. The van der Waals surface area contributed by atoms with Crippen molar-refractivity contribution in [2.75, 3.05) is 6.61 Å². The van der Waals surface area contributed by atoms with Gasteiger partial charge in [-0.25, -0.2) is 0 Å². The Kier molecular flexibility index (Phi) is 5.60. The first-order valence-electron chi connectivity index (χ1n) is 7.60. The first-order valence-corrected chi connectivity index (χ1v) is 7.60. The molecule has 110 valence electrons. The number of benzene rings is 1. The average Bonchev–Trinajstić information content (AvgIpc) is 2.92. The highest BCUT2D eigenvalue weighted by Crippen LogP contribution is 2.16. The summed E-state index contributed by atoms with van der Waals surface area (Å²) in [5, 5.41) is 3.09. The highest BCUT2D eigenvalue weighted by Gasteiger charge is 2.17. The molecule has 1 amide bonds. The van der Waals surface area contributed by atoms with Gasteiger partial charge in [-0.1, -0.05) is 24.3 Å². The third-order valence-electron chi connectivity index (χ3n) is 3.91. The fourth-order valence-corrected chi connectivity index (χ4v) is 2.73. The van der Waals surface area contributed by atoms with E-state index < -0.39 is 0 Å². The Bertz CT molecular complexity index is 438. The quantitative estimate of drug-likeness (QED) is 0.866. The van der Waals surface area contributed by atoms with Crippen molar-refractivity contribution in [3.05, 3.63) is 35.4 Å². The van der Waals surface area contributed by atoms with Crippen molar-refractivity contribution in [3.63, 3.8) is 0 Å². The first-order chi connectivity index (χ1) is 9.65. The van der Waals surface area contributed by atoms with Gasteiger partial charge in [0.25, 0.3) is 0 Å². The zero-order valence-electron chi connectivity index (χ0n) is 12.5. The average molecular weight is 275 g/mol. The van der Waals surface area contributed by atoms with Crippen LogP contribution in [0, 0.1) is 6.92 Å². The van der Waals surface area contributed by atoms with Gasteiger partial charge in [0, 0.05) is 19.1 Å². The molecule has 0 aliphatic carbocycles. The molecule has 3 heteroatoms. The normalized spacial score (nSPS) is 19.8. The fourth-order valence-electron chi connectivity index (χ4n) is 2.73. The molecule has 0 bridgehead atoms. The Morgan fingerprint density at radius 1 is 1.45 bits per heavy atom. The molecule has 0 radical (unpaired) electrons. The molecule has 3 nitrogen and oxygen atoms in total. The van der Waals surface area contributed by atoms with Gasteiger partial charge in [-0.3, -0.25) is 4.79 Å². The maximum atomic E-state index is 11.9. The summed E-state index contributed by atoms with van der Waals surface area (Å²) in [5.74, 6) is 0.140. The van der Waals surface area contributed by atoms with Crippen molar-refractivity contribution in [3.8, 4) is 0 Å². The van der Waals surface area contributed by atoms with E-state index in [2.05, 4.69) is 31.3 Å². The van der Waals surface area contributed by atoms with Crippen molar-refractivity contribution in [1.82, 2.24) is 5.32 Å². The Hall–Kier alpha value is -1.35. The molecule has 0 saturated carbocycles. The number of hydrogen-bond acceptors (Lipinski definition) is 2. The number of rotatable bonds is 6. The number of aryl methyl sites for hydroxylation is 1. The topological polar surface area (TPSA) is 38.3 Å². The van der Waals surface area contributed by atoms with E-state index in [4.69, 9.17) is 4.74 Å². The summed E-state index contributed by atoms with van der Waals surface area (Å²) in [4.78, 5) is 11.9. The Labute approximate surface area is 121 Å². The van der Waals surface area contributed by atoms with Crippen molar-refractivity contribution < 1.29 is 9.53 Å². The molecule has 1 N–H and O–H groups in total. The number of ether oxygens (including phenoxy) is 1. The second-order valence-electron chi connectivity index (χ2n) is 5.77. The number of nitrogens with one attached hydrogen (secondary N) is 1. The van der Waals surface area contributed by atoms with Crippen LogP contribution >= 0.6 is 0 Å². The molecule has 1 aromatic rings. The Balaban J connectivity index is 1.72. The van der Waals surface area contributed by atoms with Crippen LogP contribution in [0.2, 0.25) is 0 Å². The van der Waals surface area contributed by atoms with Crippen LogP contribution in [0.3, 0.4) is 0 Å². The van der Waals surface area contributed by atoms with Crippen LogP contribution < -0.4 is 5.32 Å². The van der Waals surface area contributed by atoms with Crippen LogP contribution in [0.25, 0.3) is 0 Å². The largest absolute Gasteiger partial charge is 0.378 e. The van der Waals surface area contributed by atoms with E-state index in [9.17, 15) is 4.79 Å². The lowest BCUT2D eigenvalue weighted by Crippen LogP contribution is -2.34. The van der Waals surface area contributed by atoms with E-state index in [1.807, 2.05) is 12.1 Å². The van der Waals surface area contributed by atoms with Gasteiger partial charge in [-0.2, -0.15) is 0 Å². The summed E-state index contributed by atoms with van der Waals surface area (Å²) in [6.07, 6.45) is 4.85. The Morgan fingerprint density at radius 2 is 2.25 bits per heavy atom. The van der Waals surface area contributed by atoms with Crippen LogP contribution in [0.15, 0.2) is 24.3 Å². The number of amides is 1. The van der Waals surface area contributed by atoms with Gasteiger partial charge >= 0.3 is 0 Å². The standard InChI is InChI=1S/C17H25NO2/c1-13-6-3-4-7-15(13)12-14(2)18-17(19)10-9-16-8-5-11-20-16/h3-4,6-7,14,16H,5,8-12H2,1-2H3,(H,18,19)/t14-,16-/m0/s1. The molecule has 20 heavy (non-hydrogen) atoms. The number of carbonyl (C=O) groups excluding carboxylic acids is 1. The minimum Gasteiger partial charge on any atom is -0.378 e. The Morgan fingerprint density at radius 3 is 2.95 bits per heavy atom. The first kappa shape index (κ1) is 15.0. The van der Waals surface area contributed by atoms with Gasteiger partial charge in [0.1, 0.15) is 0 Å². The lowest BCUT2D eigenvalue weighted by atomic mass is 10.0. The van der Waals surface area contributed by atoms with E-state index >= 15 is 0 Å². The SMILES string of the molecule is Cc1ccccc1C[C@H](C)NC(=O)CC[C@@H]1CCCO1. The maximum absolute atomic E-state index is 11.9. The summed E-state index contributed by atoms with van der Waals surface area (Å²) in [7, 11) is 0. The zero-order chi connectivity index (χ0) is 14.4. The lowest BCUT2D eigenvalue weighted by molar-refractivity contribution is -0.122. The summed E-state index contributed by atoms with van der Waals surface area (Å²) in [5.41, 5.74) is 2.59. The lowest BCUT2D eigenvalue weighted by Gasteiger charge is -2.16. The van der Waals surface area contributed by atoms with Crippen LogP contribution in [0.4, 0.5) is 0 Å². The van der Waals surface area contributed by atoms with Crippen molar-refractivity contribution in [2.45, 2.75) is 58.1 Å². The molecular weight excluding hydrogens is 250 g/mol. The molecule has 0 unspecified atom stereocenters. The number of hydrogen-bond donors (Lipinski definition) is 1. The van der Waals surface area contributed by atoms with E-state index in [1.165, 1.54) is 11.1 Å². The minimum atomic E-state index is 0.140. The predicted molar refractivity (Wildman–Crippen MR) is 80.7 cm³/mol. The third kappa shape index (κ3) is 4.64. The molecule has 1 aliphatic heterocycles. The third-order valence-corrected chi connectivity index (χ3v) is 3.91. The van der Waals surface area contributed by atoms with Gasteiger partial charge in [0.05, 0.1) is 6.10 Å². The van der Waals surface area contributed by atoms with Gasteiger partial charge in [0.2, 0.25) is 5.91 Å². The summed E-state index contributed by atoms with van der Waals surface area (Å²) < 4.78 is 5.54. The summed E-state index contributed by atoms with van der Waals surface area (Å²) in [6, 6.07) is 8.51. The van der Waals surface area contributed by atoms with E-state index in [-0.39, 0.29) is 11.9 Å². The van der Waals surface area contributed by atoms with Crippen LogP contribution in [-0.2, 0) is 16.0 Å². The zero-order valence-corrected chi connectivity index (χ0v) is 12.5. The minimum absolute atomic E-state index is 0.140. The molecule has 1 aromatic carbocycles. The monoisotopic (exact) mass is 275 g/mol. The highest BCUT2D eigenvalue weighted by molar-refractivity contribution is 5.76. The summed E-state index contributed by atoms with van der Waals surface area (Å²) >= 11 is 0. The van der Waals surface area contributed by atoms with Crippen LogP contribution in [0.1, 0.15) is 43.7 Å². The second-order valence-corrected chi connectivity index (χ2v) is 5.77. The molecule has 1 heterocycles. The molecule has 0 spiro atoms. The van der Waals surface area contributed by atoms with Crippen LogP contribution in [-0.4, -0.2) is 24.7 Å².